The molecule has 8 heteroatoms. The van der Waals surface area contributed by atoms with Gasteiger partial charge in [0.05, 0.1) is 5.41 Å². The minimum atomic E-state index is -0.776. The Bertz CT molecular complexity index is 714. The Morgan fingerprint density at radius 1 is 1.26 bits per heavy atom. The number of carbonyl (C=O) groups is 2. The van der Waals surface area contributed by atoms with Crippen LogP contribution in [-0.4, -0.2) is 45.2 Å². The molecule has 1 saturated heterocycles. The molecular weight excluding hydrogens is 348 g/mol. The molecule has 3 fully saturated rings. The van der Waals surface area contributed by atoms with Gasteiger partial charge in [0.2, 0.25) is 5.89 Å². The van der Waals surface area contributed by atoms with Crippen LogP contribution in [0.4, 0.5) is 4.79 Å². The number of urea groups is 1. The Morgan fingerprint density at radius 3 is 2.74 bits per heavy atom. The molecule has 2 aliphatic carbocycles. The average Bonchev–Trinajstić information content (AvgIpc) is 3.36. The first-order chi connectivity index (χ1) is 13.0. The van der Waals surface area contributed by atoms with Crippen LogP contribution in [0.1, 0.15) is 82.0 Å². The lowest BCUT2D eigenvalue weighted by Crippen LogP contribution is -2.42. The Labute approximate surface area is 158 Å². The van der Waals surface area contributed by atoms with Crippen LogP contribution in [0.3, 0.4) is 0 Å². The number of fused-ring (bicyclic) bond motifs is 1. The fourth-order valence-corrected chi connectivity index (χ4v) is 5.08. The topological polar surface area (TPSA) is 109 Å². The molecule has 0 radical (unpaired) electrons. The summed E-state index contributed by atoms with van der Waals surface area (Å²) < 4.78 is 5.39. The molecule has 2 N–H and O–H groups in total. The van der Waals surface area contributed by atoms with E-state index in [1.54, 1.807) is 4.90 Å². The van der Waals surface area contributed by atoms with Crippen LogP contribution in [-0.2, 0) is 4.79 Å². The number of aliphatic carboxylic acids is 1. The van der Waals surface area contributed by atoms with Crippen molar-refractivity contribution in [1.82, 2.24) is 20.4 Å². The lowest BCUT2D eigenvalue weighted by atomic mass is 9.81. The molecule has 1 unspecified atom stereocenters. The van der Waals surface area contributed by atoms with E-state index in [4.69, 9.17) is 4.52 Å². The van der Waals surface area contributed by atoms with Gasteiger partial charge in [0.15, 0.2) is 5.82 Å². The zero-order chi connectivity index (χ0) is 19.0. The lowest BCUT2D eigenvalue weighted by Gasteiger charge is -2.24. The second kappa shape index (κ2) is 7.13. The number of likely N-dealkylation sites (tertiary alicyclic amines) is 1. The van der Waals surface area contributed by atoms with Gasteiger partial charge in [-0.3, -0.25) is 4.79 Å². The van der Waals surface area contributed by atoms with E-state index in [9.17, 15) is 14.7 Å². The molecule has 2 amide bonds. The van der Waals surface area contributed by atoms with Crippen LogP contribution in [0, 0.1) is 11.3 Å². The smallest absolute Gasteiger partial charge is 0.318 e. The standard InChI is InChI=1S/C19H28N4O4/c1-12(16-21-15(22-27-16)13-6-3-2-4-7-13)20-18(26)23-10-14-8-5-9-19(14,11-23)17(24)25/h12-14H,2-11H2,1H3,(H,20,26)(H,24,25)/t12?,14-,19+/m0/s1. The molecule has 3 atom stereocenters. The van der Waals surface area contributed by atoms with Gasteiger partial charge in [-0.2, -0.15) is 4.98 Å². The van der Waals surface area contributed by atoms with Crippen LogP contribution in [0.5, 0.6) is 0 Å². The molecule has 0 aromatic carbocycles. The van der Waals surface area contributed by atoms with E-state index in [0.29, 0.717) is 24.8 Å². The van der Waals surface area contributed by atoms with Gasteiger partial charge in [0, 0.05) is 19.0 Å². The van der Waals surface area contributed by atoms with Crippen molar-refractivity contribution in [2.75, 3.05) is 13.1 Å². The third-order valence-electron chi connectivity index (χ3n) is 6.72. The molecule has 1 aromatic heterocycles. The van der Waals surface area contributed by atoms with Gasteiger partial charge in [0.25, 0.3) is 0 Å². The highest BCUT2D eigenvalue weighted by Crippen LogP contribution is 2.48. The summed E-state index contributed by atoms with van der Waals surface area (Å²) in [6, 6.07) is -0.654. The molecule has 8 nitrogen and oxygen atoms in total. The SMILES string of the molecule is CC(NC(=O)N1C[C@@H]2CCC[C@@]2(C(=O)O)C1)c1nc(C2CCCCC2)no1. The van der Waals surface area contributed by atoms with Crippen LogP contribution in [0.15, 0.2) is 4.52 Å². The van der Waals surface area contributed by atoms with Gasteiger partial charge in [0.1, 0.15) is 6.04 Å². The Hall–Kier alpha value is -2.12. The minimum absolute atomic E-state index is 0.0531. The average molecular weight is 376 g/mol. The second-order valence-electron chi connectivity index (χ2n) is 8.43. The fourth-order valence-electron chi connectivity index (χ4n) is 5.08. The van der Waals surface area contributed by atoms with Crippen molar-refractivity contribution >= 4 is 12.0 Å². The van der Waals surface area contributed by atoms with E-state index < -0.39 is 17.4 Å². The van der Waals surface area contributed by atoms with E-state index in [1.165, 1.54) is 19.3 Å². The predicted molar refractivity (Wildman–Crippen MR) is 96.1 cm³/mol. The Morgan fingerprint density at radius 2 is 2.04 bits per heavy atom. The van der Waals surface area contributed by atoms with Crippen molar-refractivity contribution in [3.8, 4) is 0 Å². The van der Waals surface area contributed by atoms with Gasteiger partial charge in [-0.05, 0) is 38.5 Å². The molecule has 4 rings (SSSR count). The summed E-state index contributed by atoms with van der Waals surface area (Å²) in [5.74, 6) is 0.787. The summed E-state index contributed by atoms with van der Waals surface area (Å²) in [5.41, 5.74) is -0.765. The molecule has 3 aliphatic rings. The Balaban J connectivity index is 1.37. The second-order valence-corrected chi connectivity index (χ2v) is 8.43. The summed E-state index contributed by atoms with van der Waals surface area (Å²) in [4.78, 5) is 30.6. The summed E-state index contributed by atoms with van der Waals surface area (Å²) in [6.45, 7) is 2.60. The van der Waals surface area contributed by atoms with E-state index in [2.05, 4.69) is 15.5 Å². The summed E-state index contributed by atoms with van der Waals surface area (Å²) in [6.07, 6.45) is 8.29. The molecule has 148 valence electrons. The van der Waals surface area contributed by atoms with Crippen LogP contribution in [0.2, 0.25) is 0 Å². The number of hydrogen-bond acceptors (Lipinski definition) is 5. The first-order valence-corrected chi connectivity index (χ1v) is 10.1. The largest absolute Gasteiger partial charge is 0.481 e. The number of aromatic nitrogens is 2. The zero-order valence-corrected chi connectivity index (χ0v) is 15.8. The highest BCUT2D eigenvalue weighted by atomic mass is 16.5. The first-order valence-electron chi connectivity index (χ1n) is 10.1. The van der Waals surface area contributed by atoms with Gasteiger partial charge < -0.3 is 19.8 Å². The van der Waals surface area contributed by atoms with Gasteiger partial charge in [-0.1, -0.05) is 30.8 Å². The van der Waals surface area contributed by atoms with Gasteiger partial charge in [-0.15, -0.1) is 0 Å². The number of nitrogens with one attached hydrogen (secondary N) is 1. The Kier molecular flexibility index (Phi) is 4.82. The number of hydrogen-bond donors (Lipinski definition) is 2. The van der Waals surface area contributed by atoms with Crippen LogP contribution in [0.25, 0.3) is 0 Å². The van der Waals surface area contributed by atoms with Gasteiger partial charge in [-0.25, -0.2) is 4.79 Å². The first kappa shape index (κ1) is 18.3. The quantitative estimate of drug-likeness (QED) is 0.836. The van der Waals surface area contributed by atoms with Crippen LogP contribution >= 0.6 is 0 Å². The summed E-state index contributed by atoms with van der Waals surface area (Å²) >= 11 is 0. The molecule has 2 heterocycles. The highest BCUT2D eigenvalue weighted by molar-refractivity contribution is 5.80. The molecule has 2 saturated carbocycles. The van der Waals surface area contributed by atoms with Crippen molar-refractivity contribution in [2.24, 2.45) is 11.3 Å². The molecule has 1 aliphatic heterocycles. The molecular formula is C19H28N4O4. The highest BCUT2D eigenvalue weighted by Gasteiger charge is 2.55. The van der Waals surface area contributed by atoms with Crippen LogP contribution < -0.4 is 5.32 Å². The monoisotopic (exact) mass is 376 g/mol. The molecule has 1 aromatic rings. The van der Waals surface area contributed by atoms with E-state index in [1.807, 2.05) is 6.92 Å². The van der Waals surface area contributed by atoms with Crippen molar-refractivity contribution < 1.29 is 19.2 Å². The zero-order valence-electron chi connectivity index (χ0n) is 15.8. The fraction of sp³-hybridized carbons (Fsp3) is 0.789. The normalized spacial score (nSPS) is 29.5. The van der Waals surface area contributed by atoms with E-state index in [0.717, 1.165) is 31.5 Å². The third kappa shape index (κ3) is 3.30. The number of carboxylic acids is 1. The molecule has 0 bridgehead atoms. The predicted octanol–water partition coefficient (Wildman–Crippen LogP) is 3.07. The number of rotatable bonds is 4. The summed E-state index contributed by atoms with van der Waals surface area (Å²) in [5, 5.41) is 16.7. The number of carbonyl (C=O) groups excluding carboxylic acids is 1. The molecule has 27 heavy (non-hydrogen) atoms. The maximum absolute atomic E-state index is 12.7. The maximum Gasteiger partial charge on any atom is 0.318 e. The number of amides is 2. The minimum Gasteiger partial charge on any atom is -0.481 e. The maximum atomic E-state index is 12.7. The van der Waals surface area contributed by atoms with Crippen molar-refractivity contribution in [3.63, 3.8) is 0 Å². The number of carboxylic acid groups (broad SMARTS) is 1. The van der Waals surface area contributed by atoms with Crippen molar-refractivity contribution in [2.45, 2.75) is 70.3 Å². The van der Waals surface area contributed by atoms with E-state index >= 15 is 0 Å². The molecule has 0 spiro atoms. The summed E-state index contributed by atoms with van der Waals surface area (Å²) in [7, 11) is 0. The van der Waals surface area contributed by atoms with Crippen molar-refractivity contribution in [3.05, 3.63) is 11.7 Å². The lowest BCUT2D eigenvalue weighted by molar-refractivity contribution is -0.149. The van der Waals surface area contributed by atoms with E-state index in [-0.39, 0.29) is 18.5 Å². The third-order valence-corrected chi connectivity index (χ3v) is 6.72. The van der Waals surface area contributed by atoms with Crippen molar-refractivity contribution in [1.29, 1.82) is 0 Å². The van der Waals surface area contributed by atoms with Gasteiger partial charge >= 0.3 is 12.0 Å². The number of nitrogens with zero attached hydrogens (tertiary/aromatic N) is 3.